The van der Waals surface area contributed by atoms with Crippen molar-refractivity contribution >= 4 is 6.03 Å². The van der Waals surface area contributed by atoms with Crippen LogP contribution in [0.4, 0.5) is 4.79 Å². The summed E-state index contributed by atoms with van der Waals surface area (Å²) >= 11 is 0. The molecule has 2 aliphatic rings. The van der Waals surface area contributed by atoms with Crippen LogP contribution in [0.5, 0.6) is 0 Å². The number of urea groups is 1. The van der Waals surface area contributed by atoms with Crippen molar-refractivity contribution in [3.8, 4) is 0 Å². The van der Waals surface area contributed by atoms with E-state index in [1.54, 1.807) is 0 Å². The molecule has 9 nitrogen and oxygen atoms in total. The van der Waals surface area contributed by atoms with E-state index in [1.807, 2.05) is 19.1 Å². The Morgan fingerprint density at radius 1 is 1.13 bits per heavy atom. The van der Waals surface area contributed by atoms with Gasteiger partial charge in [-0.3, -0.25) is 4.90 Å². The molecule has 0 saturated carbocycles. The lowest BCUT2D eigenvalue weighted by atomic mass is 10.1. The third-order valence-electron chi connectivity index (χ3n) is 5.85. The van der Waals surface area contributed by atoms with Crippen LogP contribution in [0.2, 0.25) is 0 Å². The van der Waals surface area contributed by atoms with Crippen LogP contribution in [0, 0.1) is 6.92 Å². The molecular formula is C21H32N6O3. The minimum absolute atomic E-state index is 0.000570. The molecule has 2 N–H and O–H groups in total. The largest absolute Gasteiger partial charge is 0.465 e. The molecule has 1 atom stereocenters. The van der Waals surface area contributed by atoms with Crippen molar-refractivity contribution in [1.29, 1.82) is 0 Å². The molecule has 1 saturated heterocycles. The van der Waals surface area contributed by atoms with Crippen molar-refractivity contribution in [2.24, 2.45) is 0 Å². The number of aromatic nitrogens is 3. The van der Waals surface area contributed by atoms with E-state index in [0.717, 1.165) is 49.2 Å². The maximum Gasteiger partial charge on any atom is 0.314 e. The summed E-state index contributed by atoms with van der Waals surface area (Å²) in [6, 6.07) is 3.78. The highest BCUT2D eigenvalue weighted by atomic mass is 16.5. The predicted octanol–water partition coefficient (Wildman–Crippen LogP) is 1.82. The van der Waals surface area contributed by atoms with Crippen LogP contribution < -0.4 is 10.6 Å². The summed E-state index contributed by atoms with van der Waals surface area (Å²) in [5.74, 6) is 3.79. The van der Waals surface area contributed by atoms with Crippen molar-refractivity contribution in [2.45, 2.75) is 51.6 Å². The molecule has 0 spiro atoms. The molecule has 0 bridgehead atoms. The Morgan fingerprint density at radius 2 is 2.00 bits per heavy atom. The molecule has 1 fully saturated rings. The Bertz CT molecular complexity index is 827. The summed E-state index contributed by atoms with van der Waals surface area (Å²) in [5.41, 5.74) is 0. The van der Waals surface area contributed by atoms with Crippen molar-refractivity contribution in [3.05, 3.63) is 35.3 Å². The van der Waals surface area contributed by atoms with Gasteiger partial charge in [0.15, 0.2) is 0 Å². The maximum absolute atomic E-state index is 12.4. The topological polar surface area (TPSA) is 97.5 Å². The highest BCUT2D eigenvalue weighted by molar-refractivity contribution is 5.73. The average molecular weight is 417 g/mol. The minimum atomic E-state index is -0.174. The fourth-order valence-corrected chi connectivity index (χ4v) is 4.20. The van der Waals surface area contributed by atoms with Gasteiger partial charge >= 0.3 is 6.03 Å². The van der Waals surface area contributed by atoms with Crippen molar-refractivity contribution < 1.29 is 13.9 Å². The Labute approximate surface area is 177 Å². The van der Waals surface area contributed by atoms with Gasteiger partial charge in [0.05, 0.1) is 19.3 Å². The first-order valence-corrected chi connectivity index (χ1v) is 11.0. The number of amides is 2. The number of hydrogen-bond donors (Lipinski definition) is 2. The van der Waals surface area contributed by atoms with E-state index in [0.29, 0.717) is 32.7 Å². The van der Waals surface area contributed by atoms with Crippen LogP contribution in [0.25, 0.3) is 0 Å². The van der Waals surface area contributed by atoms with Gasteiger partial charge in [0.1, 0.15) is 23.2 Å². The fourth-order valence-electron chi connectivity index (χ4n) is 4.20. The molecular weight excluding hydrogens is 384 g/mol. The van der Waals surface area contributed by atoms with E-state index >= 15 is 0 Å². The van der Waals surface area contributed by atoms with Crippen LogP contribution >= 0.6 is 0 Å². The van der Waals surface area contributed by atoms with E-state index < -0.39 is 0 Å². The number of carbonyl (C=O) groups is 1. The third kappa shape index (κ3) is 5.20. The highest BCUT2D eigenvalue weighted by Gasteiger charge is 2.25. The SMILES string of the molecule is Cc1ccc(C(CNC(=O)NCCc2nnc3n2CCCCC3)N2CCOCC2)o1. The van der Waals surface area contributed by atoms with Gasteiger partial charge in [-0.25, -0.2) is 4.79 Å². The molecule has 0 radical (unpaired) electrons. The normalized spacial score (nSPS) is 18.4. The fraction of sp³-hybridized carbons (Fsp3) is 0.667. The van der Waals surface area contributed by atoms with E-state index in [1.165, 1.54) is 19.3 Å². The molecule has 0 aromatic carbocycles. The van der Waals surface area contributed by atoms with Gasteiger partial charge in [0.2, 0.25) is 0 Å². The summed E-state index contributed by atoms with van der Waals surface area (Å²) in [5, 5.41) is 14.6. The molecule has 2 amide bonds. The van der Waals surface area contributed by atoms with Crippen LogP contribution in [-0.2, 0) is 24.1 Å². The first kappa shape index (κ1) is 20.9. The van der Waals surface area contributed by atoms with Crippen molar-refractivity contribution in [1.82, 2.24) is 30.3 Å². The van der Waals surface area contributed by atoms with Gasteiger partial charge in [-0.1, -0.05) is 6.42 Å². The summed E-state index contributed by atoms with van der Waals surface area (Å²) in [6.07, 6.45) is 5.27. The second-order valence-electron chi connectivity index (χ2n) is 7.99. The Kier molecular flexibility index (Phi) is 7.01. The lowest BCUT2D eigenvalue weighted by Gasteiger charge is -2.33. The maximum atomic E-state index is 12.4. The third-order valence-corrected chi connectivity index (χ3v) is 5.85. The monoisotopic (exact) mass is 416 g/mol. The lowest BCUT2D eigenvalue weighted by molar-refractivity contribution is 0.0121. The molecule has 2 aromatic rings. The number of nitrogens with one attached hydrogen (secondary N) is 2. The zero-order valence-corrected chi connectivity index (χ0v) is 17.7. The van der Waals surface area contributed by atoms with Crippen LogP contribution in [0.15, 0.2) is 16.5 Å². The Morgan fingerprint density at radius 3 is 2.80 bits per heavy atom. The molecule has 9 heteroatoms. The number of furan rings is 1. The first-order valence-electron chi connectivity index (χ1n) is 11.0. The number of nitrogens with zero attached hydrogens (tertiary/aromatic N) is 4. The molecule has 4 rings (SSSR count). The first-order chi connectivity index (χ1) is 14.7. The summed E-state index contributed by atoms with van der Waals surface area (Å²) in [6.45, 7) is 6.98. The van der Waals surface area contributed by atoms with Gasteiger partial charge in [0, 0.05) is 45.6 Å². The quantitative estimate of drug-likeness (QED) is 0.715. The van der Waals surface area contributed by atoms with Crippen LogP contribution in [-0.4, -0.2) is 65.1 Å². The van der Waals surface area contributed by atoms with Crippen LogP contribution in [0.1, 0.15) is 48.5 Å². The van der Waals surface area contributed by atoms with E-state index in [4.69, 9.17) is 9.15 Å². The van der Waals surface area contributed by atoms with E-state index in [2.05, 4.69) is 30.3 Å². The van der Waals surface area contributed by atoms with Gasteiger partial charge in [-0.05, 0) is 31.9 Å². The molecule has 164 valence electrons. The number of rotatable bonds is 7. The molecule has 1 unspecified atom stereocenters. The second kappa shape index (κ2) is 10.1. The Balaban J connectivity index is 1.27. The summed E-state index contributed by atoms with van der Waals surface area (Å²) in [4.78, 5) is 14.7. The molecule has 2 aromatic heterocycles. The smallest absolute Gasteiger partial charge is 0.314 e. The van der Waals surface area contributed by atoms with E-state index in [-0.39, 0.29) is 12.1 Å². The number of hydrogen-bond acceptors (Lipinski definition) is 6. The number of ether oxygens (including phenoxy) is 1. The number of morpholine rings is 1. The second-order valence-corrected chi connectivity index (χ2v) is 7.99. The number of aryl methyl sites for hydroxylation is 2. The molecule has 4 heterocycles. The van der Waals surface area contributed by atoms with E-state index in [9.17, 15) is 4.79 Å². The van der Waals surface area contributed by atoms with Gasteiger partial charge in [0.25, 0.3) is 0 Å². The number of carbonyl (C=O) groups excluding carboxylic acids is 1. The highest BCUT2D eigenvalue weighted by Crippen LogP contribution is 2.23. The summed E-state index contributed by atoms with van der Waals surface area (Å²) in [7, 11) is 0. The standard InChI is InChI=1S/C21H32N6O3/c1-16-6-7-18(30-16)17(26-11-13-29-14-12-26)15-23-21(28)22-9-8-20-25-24-19-5-3-2-4-10-27(19)20/h6-7,17H,2-5,8-15H2,1H3,(H2,22,23,28). The average Bonchev–Trinajstić information content (AvgIpc) is 3.27. The zero-order chi connectivity index (χ0) is 20.8. The molecule has 2 aliphatic heterocycles. The molecule has 0 aliphatic carbocycles. The number of fused-ring (bicyclic) bond motifs is 1. The minimum Gasteiger partial charge on any atom is -0.465 e. The summed E-state index contributed by atoms with van der Waals surface area (Å²) < 4.78 is 13.5. The van der Waals surface area contributed by atoms with Gasteiger partial charge < -0.3 is 24.4 Å². The van der Waals surface area contributed by atoms with Crippen molar-refractivity contribution in [2.75, 3.05) is 39.4 Å². The van der Waals surface area contributed by atoms with Crippen LogP contribution in [0.3, 0.4) is 0 Å². The van der Waals surface area contributed by atoms with Gasteiger partial charge in [-0.15, -0.1) is 10.2 Å². The lowest BCUT2D eigenvalue weighted by Crippen LogP contribution is -2.46. The zero-order valence-electron chi connectivity index (χ0n) is 17.7. The Hall–Kier alpha value is -2.39. The molecule has 30 heavy (non-hydrogen) atoms. The predicted molar refractivity (Wildman–Crippen MR) is 111 cm³/mol. The van der Waals surface area contributed by atoms with Crippen molar-refractivity contribution in [3.63, 3.8) is 0 Å². The van der Waals surface area contributed by atoms with Gasteiger partial charge in [-0.2, -0.15) is 0 Å².